The first-order chi connectivity index (χ1) is 26.2. The summed E-state index contributed by atoms with van der Waals surface area (Å²) in [7, 11) is 0. The Balaban J connectivity index is 2.50. The molecule has 0 aliphatic carbocycles. The minimum atomic E-state index is -1.66. The van der Waals surface area contributed by atoms with Crippen molar-refractivity contribution in [3.05, 3.63) is 12.2 Å². The lowest BCUT2D eigenvalue weighted by molar-refractivity contribution is -0.303. The molecule has 9 atom stereocenters. The van der Waals surface area contributed by atoms with Crippen LogP contribution in [0.1, 0.15) is 187 Å². The van der Waals surface area contributed by atoms with E-state index in [1.165, 1.54) is 109 Å². The first-order valence-electron chi connectivity index (χ1n) is 22.1. The maximum atomic E-state index is 13.0. The summed E-state index contributed by atoms with van der Waals surface area (Å²) in [6, 6.07) is -1.17. The molecule has 1 heterocycles. The van der Waals surface area contributed by atoms with E-state index in [4.69, 9.17) is 9.47 Å². The van der Waals surface area contributed by atoms with E-state index in [1.54, 1.807) is 0 Å². The van der Waals surface area contributed by atoms with Gasteiger partial charge in [-0.15, -0.1) is 0 Å². The predicted molar refractivity (Wildman–Crippen MR) is 215 cm³/mol. The molecule has 54 heavy (non-hydrogen) atoms. The van der Waals surface area contributed by atoms with Gasteiger partial charge in [-0.25, -0.2) is 0 Å². The van der Waals surface area contributed by atoms with Crippen molar-refractivity contribution in [3.63, 3.8) is 0 Å². The Morgan fingerprint density at radius 3 is 1.57 bits per heavy atom. The molecule has 0 radical (unpaired) electrons. The molecule has 1 aliphatic heterocycles. The van der Waals surface area contributed by atoms with Crippen LogP contribution in [0, 0.1) is 0 Å². The van der Waals surface area contributed by atoms with Gasteiger partial charge in [0.25, 0.3) is 0 Å². The second-order valence-electron chi connectivity index (χ2n) is 15.8. The third-order valence-electron chi connectivity index (χ3n) is 10.8. The number of carbonyl (C=O) groups excluding carboxylic acids is 1. The number of carbonyl (C=O) groups is 1. The third kappa shape index (κ3) is 23.8. The number of nitrogens with one attached hydrogen (secondary N) is 1. The smallest absolute Gasteiger partial charge is 0.249 e. The molecule has 0 bridgehead atoms. The van der Waals surface area contributed by atoms with Crippen molar-refractivity contribution >= 4 is 5.91 Å². The van der Waals surface area contributed by atoms with Gasteiger partial charge in [-0.2, -0.15) is 0 Å². The van der Waals surface area contributed by atoms with Crippen LogP contribution in [-0.4, -0.2) is 110 Å². The Morgan fingerprint density at radius 2 is 1.07 bits per heavy atom. The lowest BCUT2D eigenvalue weighted by Gasteiger charge is -2.40. The highest BCUT2D eigenvalue weighted by Gasteiger charge is 2.44. The summed E-state index contributed by atoms with van der Waals surface area (Å²) in [5, 5.41) is 75.5. The normalized spacial score (nSPS) is 22.7. The average molecular weight is 774 g/mol. The molecule has 1 amide bonds. The fraction of sp³-hybridized carbons (Fsp3) is 0.930. The first-order valence-corrected chi connectivity index (χ1v) is 22.1. The molecule has 320 valence electrons. The summed E-state index contributed by atoms with van der Waals surface area (Å²) in [6.45, 7) is 3.40. The maximum absolute atomic E-state index is 13.0. The van der Waals surface area contributed by atoms with Gasteiger partial charge in [0.15, 0.2) is 6.29 Å². The van der Waals surface area contributed by atoms with Crippen molar-refractivity contribution < 1.29 is 50.0 Å². The van der Waals surface area contributed by atoms with Crippen LogP contribution >= 0.6 is 0 Å². The zero-order valence-corrected chi connectivity index (χ0v) is 34.2. The Kier molecular flexibility index (Phi) is 32.0. The van der Waals surface area contributed by atoms with Crippen molar-refractivity contribution in [2.45, 2.75) is 242 Å². The van der Waals surface area contributed by atoms with E-state index in [2.05, 4.69) is 31.3 Å². The van der Waals surface area contributed by atoms with E-state index >= 15 is 0 Å². The molecule has 8 N–H and O–H groups in total. The quantitative estimate of drug-likeness (QED) is 0.0258. The maximum Gasteiger partial charge on any atom is 0.249 e. The minimum Gasteiger partial charge on any atom is -0.394 e. The van der Waals surface area contributed by atoms with Crippen LogP contribution in [-0.2, 0) is 14.3 Å². The van der Waals surface area contributed by atoms with Gasteiger partial charge >= 0.3 is 0 Å². The highest BCUT2D eigenvalue weighted by Crippen LogP contribution is 2.23. The van der Waals surface area contributed by atoms with E-state index in [9.17, 15) is 40.5 Å². The highest BCUT2D eigenvalue weighted by molar-refractivity contribution is 5.80. The van der Waals surface area contributed by atoms with Crippen LogP contribution in [0.5, 0.6) is 0 Å². The van der Waals surface area contributed by atoms with E-state index in [1.807, 2.05) is 0 Å². The van der Waals surface area contributed by atoms with Crippen LogP contribution in [0.15, 0.2) is 12.2 Å². The zero-order valence-electron chi connectivity index (χ0n) is 34.2. The number of hydrogen-bond acceptors (Lipinski definition) is 10. The van der Waals surface area contributed by atoms with Gasteiger partial charge in [-0.3, -0.25) is 4.79 Å². The molecular weight excluding hydrogens is 690 g/mol. The molecule has 1 aliphatic rings. The number of allylic oxidation sites excluding steroid dienone is 2. The topological polar surface area (TPSA) is 189 Å². The molecular formula is C43H83NO10. The van der Waals surface area contributed by atoms with Crippen molar-refractivity contribution in [1.82, 2.24) is 5.32 Å². The zero-order chi connectivity index (χ0) is 39.8. The fourth-order valence-electron chi connectivity index (χ4n) is 7.08. The summed E-state index contributed by atoms with van der Waals surface area (Å²) in [5.74, 6) is -0.714. The highest BCUT2D eigenvalue weighted by atomic mass is 16.7. The second-order valence-corrected chi connectivity index (χ2v) is 15.8. The summed E-state index contributed by atoms with van der Waals surface area (Å²) < 4.78 is 11.1. The number of aliphatic hydroxyl groups is 7. The number of hydrogen-bond donors (Lipinski definition) is 8. The fourth-order valence-corrected chi connectivity index (χ4v) is 7.08. The molecule has 0 aromatic heterocycles. The van der Waals surface area contributed by atoms with Crippen LogP contribution in [0.3, 0.4) is 0 Å². The molecule has 0 aromatic rings. The summed E-state index contributed by atoms with van der Waals surface area (Å²) in [5.41, 5.74) is 0. The van der Waals surface area contributed by atoms with Gasteiger partial charge in [-0.1, -0.05) is 161 Å². The summed E-state index contributed by atoms with van der Waals surface area (Å²) in [4.78, 5) is 13.0. The lowest BCUT2D eigenvalue weighted by atomic mass is 9.98. The molecule has 9 unspecified atom stereocenters. The van der Waals surface area contributed by atoms with Gasteiger partial charge in [-0.05, 0) is 38.5 Å². The lowest BCUT2D eigenvalue weighted by Crippen LogP contribution is -2.60. The molecule has 1 rings (SSSR count). The number of aliphatic hydroxyl groups excluding tert-OH is 7. The van der Waals surface area contributed by atoms with Crippen molar-refractivity contribution in [2.24, 2.45) is 0 Å². The van der Waals surface area contributed by atoms with Crippen molar-refractivity contribution in [2.75, 3.05) is 13.2 Å². The Bertz CT molecular complexity index is 892. The standard InChI is InChI=1S/C43H83NO10/c1-3-5-7-9-11-13-15-17-18-19-21-22-24-26-28-30-35(46)38(48)34(33-53-43-41(51)40(50)39(49)37(32-45)54-43)44-42(52)36(47)31-29-27-25-23-20-16-14-12-10-8-6-4-2/h20,23,34-41,43,45-51H,3-19,21-22,24-33H2,1-2H3,(H,44,52)/b23-20-. The van der Waals surface area contributed by atoms with Crippen LogP contribution in [0.25, 0.3) is 0 Å². The summed E-state index contributed by atoms with van der Waals surface area (Å²) in [6.07, 6.45) is 22.6. The van der Waals surface area contributed by atoms with Crippen molar-refractivity contribution in [1.29, 1.82) is 0 Å². The van der Waals surface area contributed by atoms with Gasteiger partial charge < -0.3 is 50.5 Å². The third-order valence-corrected chi connectivity index (χ3v) is 10.8. The van der Waals surface area contributed by atoms with Gasteiger partial charge in [0.2, 0.25) is 5.91 Å². The molecule has 0 spiro atoms. The number of amides is 1. The molecule has 11 nitrogen and oxygen atoms in total. The molecule has 0 saturated carbocycles. The second kappa shape index (κ2) is 33.9. The molecule has 1 fully saturated rings. The Hall–Kier alpha value is -1.15. The van der Waals surface area contributed by atoms with Gasteiger partial charge in [0.1, 0.15) is 36.6 Å². The first kappa shape index (κ1) is 50.9. The number of ether oxygens (including phenoxy) is 2. The average Bonchev–Trinajstić information content (AvgIpc) is 3.17. The van der Waals surface area contributed by atoms with Gasteiger partial charge in [0.05, 0.1) is 25.4 Å². The van der Waals surface area contributed by atoms with E-state index in [-0.39, 0.29) is 6.42 Å². The van der Waals surface area contributed by atoms with E-state index in [0.717, 1.165) is 38.5 Å². The van der Waals surface area contributed by atoms with E-state index < -0.39 is 74.2 Å². The van der Waals surface area contributed by atoms with Crippen molar-refractivity contribution in [3.8, 4) is 0 Å². The Morgan fingerprint density at radius 1 is 0.630 bits per heavy atom. The molecule has 1 saturated heterocycles. The molecule has 0 aromatic carbocycles. The molecule has 11 heteroatoms. The van der Waals surface area contributed by atoms with Gasteiger partial charge in [0, 0.05) is 0 Å². The predicted octanol–water partition coefficient (Wildman–Crippen LogP) is 6.50. The minimum absolute atomic E-state index is 0.231. The van der Waals surface area contributed by atoms with Crippen LogP contribution < -0.4 is 5.32 Å². The van der Waals surface area contributed by atoms with Crippen LogP contribution in [0.2, 0.25) is 0 Å². The Labute approximate surface area is 328 Å². The summed E-state index contributed by atoms with van der Waals surface area (Å²) >= 11 is 0. The monoisotopic (exact) mass is 774 g/mol. The number of unbranched alkanes of at least 4 members (excludes halogenated alkanes) is 22. The SMILES string of the molecule is CCCCCCCC/C=C\CCCCC(O)C(=O)NC(COC1OC(CO)C(O)C(O)C1O)C(O)C(O)CCCCCCCCCCCCCCCCC. The number of rotatable bonds is 36. The van der Waals surface area contributed by atoms with Crippen LogP contribution in [0.4, 0.5) is 0 Å². The van der Waals surface area contributed by atoms with E-state index in [0.29, 0.717) is 19.3 Å². The largest absolute Gasteiger partial charge is 0.394 e.